The molecule has 1 aromatic heterocycles. The normalized spacial score (nSPS) is 10.6. The minimum absolute atomic E-state index is 0.0181. The van der Waals surface area contributed by atoms with Gasteiger partial charge in [0.2, 0.25) is 0 Å². The van der Waals surface area contributed by atoms with Gasteiger partial charge >= 0.3 is 0 Å². The highest BCUT2D eigenvalue weighted by atomic mass is 127. The van der Waals surface area contributed by atoms with Crippen LogP contribution in [0.3, 0.4) is 0 Å². The van der Waals surface area contributed by atoms with Gasteiger partial charge in [-0.15, -0.1) is 0 Å². The molecule has 2 aromatic rings. The molecule has 0 atom stereocenters. The van der Waals surface area contributed by atoms with Crippen molar-refractivity contribution in [2.75, 3.05) is 0 Å². The highest BCUT2D eigenvalue weighted by Crippen LogP contribution is 2.17. The lowest BCUT2D eigenvalue weighted by Gasteiger charge is -2.00. The zero-order chi connectivity index (χ0) is 9.42. The molecule has 0 spiro atoms. The number of aromatic amines is 1. The Hall–Kier alpha value is -0.840. The monoisotopic (exact) mass is 285 g/mol. The zero-order valence-electron chi connectivity index (χ0n) is 7.10. The van der Waals surface area contributed by atoms with Crippen LogP contribution in [0.4, 0.5) is 0 Å². The molecule has 0 amide bonds. The Labute approximate surface area is 89.1 Å². The van der Waals surface area contributed by atoms with Crippen LogP contribution in [0.2, 0.25) is 0 Å². The van der Waals surface area contributed by atoms with Crippen molar-refractivity contribution in [2.45, 2.75) is 6.92 Å². The van der Waals surface area contributed by atoms with Crippen LogP contribution in [0, 0.1) is 10.5 Å². The Morgan fingerprint density at radius 2 is 2.08 bits per heavy atom. The number of halogens is 1. The molecule has 2 nitrogen and oxygen atoms in total. The largest absolute Gasteiger partial charge is 0.327 e. The van der Waals surface area contributed by atoms with E-state index in [1.54, 1.807) is 6.20 Å². The van der Waals surface area contributed by atoms with Gasteiger partial charge in [0.05, 0.1) is 0 Å². The van der Waals surface area contributed by atoms with Gasteiger partial charge in [-0.05, 0) is 35.6 Å². The molecule has 0 saturated heterocycles. The third kappa shape index (κ3) is 1.48. The first-order valence-electron chi connectivity index (χ1n) is 3.96. The van der Waals surface area contributed by atoms with Crippen molar-refractivity contribution >= 4 is 33.4 Å². The molecule has 13 heavy (non-hydrogen) atoms. The minimum atomic E-state index is -0.0181. The highest BCUT2D eigenvalue weighted by Gasteiger charge is 2.01. The van der Waals surface area contributed by atoms with Gasteiger partial charge in [-0.25, -0.2) is 0 Å². The van der Waals surface area contributed by atoms with Gasteiger partial charge in [0.1, 0.15) is 0 Å². The molecular weight excluding hydrogens is 277 g/mol. The van der Waals surface area contributed by atoms with E-state index in [9.17, 15) is 4.79 Å². The Kier molecular flexibility index (Phi) is 2.11. The molecule has 0 aliphatic carbocycles. The third-order valence-electron chi connectivity index (χ3n) is 2.01. The van der Waals surface area contributed by atoms with Gasteiger partial charge in [-0.2, -0.15) is 0 Å². The molecular formula is C10H8INO. The maximum absolute atomic E-state index is 11.4. The molecule has 0 fully saturated rings. The second kappa shape index (κ2) is 3.14. The number of hydrogen-bond acceptors (Lipinski definition) is 1. The standard InChI is InChI=1S/C10H8INO/c1-6-2-3-7-8(4-6)9(11)5-12-10(7)13/h2-5H,1H3,(H,12,13). The molecule has 1 N–H and O–H groups in total. The number of nitrogens with one attached hydrogen (secondary N) is 1. The van der Waals surface area contributed by atoms with Crippen LogP contribution in [0.15, 0.2) is 29.2 Å². The topological polar surface area (TPSA) is 32.9 Å². The molecule has 0 unspecified atom stereocenters. The van der Waals surface area contributed by atoms with Crippen LogP contribution < -0.4 is 5.56 Å². The van der Waals surface area contributed by atoms with Gasteiger partial charge < -0.3 is 4.98 Å². The van der Waals surface area contributed by atoms with Crippen LogP contribution in [0.1, 0.15) is 5.56 Å². The van der Waals surface area contributed by atoms with Crippen molar-refractivity contribution in [3.63, 3.8) is 0 Å². The lowest BCUT2D eigenvalue weighted by molar-refractivity contribution is 1.26. The van der Waals surface area contributed by atoms with E-state index in [1.165, 1.54) is 5.56 Å². The molecule has 1 aromatic carbocycles. The van der Waals surface area contributed by atoms with Crippen molar-refractivity contribution < 1.29 is 0 Å². The number of H-pyrrole nitrogens is 1. The van der Waals surface area contributed by atoms with E-state index in [4.69, 9.17) is 0 Å². The number of fused-ring (bicyclic) bond motifs is 1. The summed E-state index contributed by atoms with van der Waals surface area (Å²) in [5, 5.41) is 1.79. The lowest BCUT2D eigenvalue weighted by Crippen LogP contribution is -2.05. The van der Waals surface area contributed by atoms with Crippen molar-refractivity contribution in [3.05, 3.63) is 43.9 Å². The van der Waals surface area contributed by atoms with Crippen molar-refractivity contribution in [1.29, 1.82) is 0 Å². The summed E-state index contributed by atoms with van der Waals surface area (Å²) in [5.41, 5.74) is 1.16. The maximum Gasteiger partial charge on any atom is 0.255 e. The first kappa shape index (κ1) is 8.74. The lowest BCUT2D eigenvalue weighted by atomic mass is 10.1. The van der Waals surface area contributed by atoms with E-state index in [1.807, 2.05) is 25.1 Å². The fourth-order valence-corrected chi connectivity index (χ4v) is 1.94. The van der Waals surface area contributed by atoms with Gasteiger partial charge in [0.15, 0.2) is 0 Å². The first-order chi connectivity index (χ1) is 6.18. The molecule has 66 valence electrons. The summed E-state index contributed by atoms with van der Waals surface area (Å²) in [7, 11) is 0. The van der Waals surface area contributed by atoms with Crippen molar-refractivity contribution in [1.82, 2.24) is 4.98 Å². The number of benzene rings is 1. The summed E-state index contributed by atoms with van der Waals surface area (Å²) in [6.45, 7) is 2.02. The van der Waals surface area contributed by atoms with E-state index in [0.717, 1.165) is 14.3 Å². The first-order valence-corrected chi connectivity index (χ1v) is 5.04. The Morgan fingerprint density at radius 3 is 2.85 bits per heavy atom. The van der Waals surface area contributed by atoms with E-state index in [-0.39, 0.29) is 5.56 Å². The average molecular weight is 285 g/mol. The van der Waals surface area contributed by atoms with Crippen LogP contribution in [-0.4, -0.2) is 4.98 Å². The van der Waals surface area contributed by atoms with Crippen molar-refractivity contribution in [2.24, 2.45) is 0 Å². The molecule has 0 radical (unpaired) electrons. The van der Waals surface area contributed by atoms with Gasteiger partial charge in [0, 0.05) is 20.5 Å². The summed E-state index contributed by atoms with van der Waals surface area (Å²) in [6, 6.07) is 5.85. The number of aryl methyl sites for hydroxylation is 1. The predicted octanol–water partition coefficient (Wildman–Crippen LogP) is 2.44. The molecule has 0 aliphatic rings. The SMILES string of the molecule is Cc1ccc2c(=O)[nH]cc(I)c2c1. The molecule has 0 aliphatic heterocycles. The zero-order valence-corrected chi connectivity index (χ0v) is 9.25. The van der Waals surface area contributed by atoms with E-state index in [0.29, 0.717) is 0 Å². The quantitative estimate of drug-likeness (QED) is 0.741. The highest BCUT2D eigenvalue weighted by molar-refractivity contribution is 14.1. The smallest absolute Gasteiger partial charge is 0.255 e. The van der Waals surface area contributed by atoms with E-state index < -0.39 is 0 Å². The number of pyridine rings is 1. The molecule has 3 heteroatoms. The van der Waals surface area contributed by atoms with Gasteiger partial charge in [-0.3, -0.25) is 4.79 Å². The van der Waals surface area contributed by atoms with Gasteiger partial charge in [-0.1, -0.05) is 17.7 Å². The van der Waals surface area contributed by atoms with Crippen LogP contribution in [-0.2, 0) is 0 Å². The minimum Gasteiger partial charge on any atom is -0.327 e. The Morgan fingerprint density at radius 1 is 1.31 bits per heavy atom. The summed E-state index contributed by atoms with van der Waals surface area (Å²) in [5.74, 6) is 0. The van der Waals surface area contributed by atoms with E-state index in [2.05, 4.69) is 27.6 Å². The molecule has 2 rings (SSSR count). The fraction of sp³-hybridized carbons (Fsp3) is 0.100. The summed E-state index contributed by atoms with van der Waals surface area (Å²) in [4.78, 5) is 14.1. The average Bonchev–Trinajstić information content (AvgIpc) is 2.12. The summed E-state index contributed by atoms with van der Waals surface area (Å²) in [6.07, 6.45) is 1.74. The number of rotatable bonds is 0. The Bertz CT molecular complexity index is 516. The van der Waals surface area contributed by atoms with Crippen LogP contribution >= 0.6 is 22.6 Å². The Balaban J connectivity index is 3.01. The van der Waals surface area contributed by atoms with Crippen LogP contribution in [0.5, 0.6) is 0 Å². The second-order valence-corrected chi connectivity index (χ2v) is 4.18. The van der Waals surface area contributed by atoms with Crippen LogP contribution in [0.25, 0.3) is 10.8 Å². The summed E-state index contributed by atoms with van der Waals surface area (Å²) < 4.78 is 1.08. The fourth-order valence-electron chi connectivity index (χ4n) is 1.34. The molecule has 0 bridgehead atoms. The maximum atomic E-state index is 11.4. The number of aromatic nitrogens is 1. The third-order valence-corrected chi connectivity index (χ3v) is 2.90. The second-order valence-electron chi connectivity index (χ2n) is 3.01. The molecule has 0 saturated carbocycles. The summed E-state index contributed by atoms with van der Waals surface area (Å²) >= 11 is 2.22. The van der Waals surface area contributed by atoms with Gasteiger partial charge in [0.25, 0.3) is 5.56 Å². The molecule has 1 heterocycles. The van der Waals surface area contributed by atoms with E-state index >= 15 is 0 Å². The predicted molar refractivity (Wildman–Crippen MR) is 62.0 cm³/mol. The van der Waals surface area contributed by atoms with Crippen molar-refractivity contribution in [3.8, 4) is 0 Å². The number of hydrogen-bond donors (Lipinski definition) is 1.